The summed E-state index contributed by atoms with van der Waals surface area (Å²) in [6, 6.07) is 3.61. The number of rotatable bonds is 2. The van der Waals surface area contributed by atoms with Gasteiger partial charge in [0.25, 0.3) is 5.91 Å². The zero-order valence-corrected chi connectivity index (χ0v) is 12.2. The topological polar surface area (TPSA) is 94.0 Å². The maximum absolute atomic E-state index is 11.6. The smallest absolute Gasteiger partial charge is 0.269 e. The molecule has 3 rings (SSSR count). The second-order valence-corrected chi connectivity index (χ2v) is 5.22. The van der Waals surface area contributed by atoms with Gasteiger partial charge in [0.2, 0.25) is 0 Å². The van der Waals surface area contributed by atoms with Gasteiger partial charge in [-0.3, -0.25) is 4.79 Å². The average Bonchev–Trinajstić information content (AvgIpc) is 2.86. The maximum atomic E-state index is 11.6. The molecular weight excluding hydrogens is 280 g/mol. The number of amides is 1. The third-order valence-corrected chi connectivity index (χ3v) is 3.71. The molecule has 0 saturated heterocycles. The van der Waals surface area contributed by atoms with Crippen LogP contribution in [0.4, 0.5) is 0 Å². The number of hydrogen-bond donors (Lipinski definition) is 2. The van der Waals surface area contributed by atoms with E-state index in [1.165, 1.54) is 0 Å². The van der Waals surface area contributed by atoms with Crippen molar-refractivity contribution in [1.82, 2.24) is 14.8 Å². The van der Waals surface area contributed by atoms with E-state index >= 15 is 0 Å². The monoisotopic (exact) mass is 296 g/mol. The summed E-state index contributed by atoms with van der Waals surface area (Å²) in [6.07, 6.45) is 2.83. The zero-order valence-electron chi connectivity index (χ0n) is 12.2. The fourth-order valence-electron chi connectivity index (χ4n) is 2.74. The molecule has 2 aromatic heterocycles. The summed E-state index contributed by atoms with van der Waals surface area (Å²) in [4.78, 5) is 15.9. The standard InChI is InChI=1S/C16H16N4O2/c1-2-3-10-6-7-18-14(8-10)20-13-9-11(21)4-5-12(13)15(19-20)16(17)22/h6-8,11,21H,4-5,9H2,1H3,(H2,17,22)/t11-/m1/s1. The minimum absolute atomic E-state index is 0.260. The highest BCUT2D eigenvalue weighted by Crippen LogP contribution is 2.26. The molecule has 6 nitrogen and oxygen atoms in total. The van der Waals surface area contributed by atoms with Gasteiger partial charge in [-0.05, 0) is 31.9 Å². The Hall–Kier alpha value is -2.65. The van der Waals surface area contributed by atoms with E-state index in [1.54, 1.807) is 29.9 Å². The van der Waals surface area contributed by atoms with E-state index in [0.29, 0.717) is 25.1 Å². The molecule has 1 aliphatic carbocycles. The number of aromatic nitrogens is 3. The predicted molar refractivity (Wildman–Crippen MR) is 80.5 cm³/mol. The fraction of sp³-hybridized carbons (Fsp3) is 0.312. The van der Waals surface area contributed by atoms with Crippen LogP contribution >= 0.6 is 0 Å². The van der Waals surface area contributed by atoms with Crippen molar-refractivity contribution in [3.8, 4) is 17.7 Å². The van der Waals surface area contributed by atoms with Gasteiger partial charge in [-0.1, -0.05) is 5.92 Å². The summed E-state index contributed by atoms with van der Waals surface area (Å²) >= 11 is 0. The Bertz CT molecular complexity index is 798. The molecule has 0 bridgehead atoms. The zero-order chi connectivity index (χ0) is 15.7. The first-order valence-electron chi connectivity index (χ1n) is 7.08. The highest BCUT2D eigenvalue weighted by Gasteiger charge is 2.28. The number of carbonyl (C=O) groups is 1. The van der Waals surface area contributed by atoms with Gasteiger partial charge in [0.05, 0.1) is 11.8 Å². The molecule has 3 N–H and O–H groups in total. The molecule has 0 unspecified atom stereocenters. The van der Waals surface area contributed by atoms with Crippen molar-refractivity contribution in [1.29, 1.82) is 0 Å². The van der Waals surface area contributed by atoms with Crippen molar-refractivity contribution in [2.24, 2.45) is 5.73 Å². The van der Waals surface area contributed by atoms with E-state index in [4.69, 9.17) is 5.73 Å². The lowest BCUT2D eigenvalue weighted by molar-refractivity contribution is 0.0993. The first-order valence-corrected chi connectivity index (χ1v) is 7.08. The van der Waals surface area contributed by atoms with Crippen molar-refractivity contribution in [3.63, 3.8) is 0 Å². The highest BCUT2D eigenvalue weighted by atomic mass is 16.3. The largest absolute Gasteiger partial charge is 0.393 e. The lowest BCUT2D eigenvalue weighted by Crippen LogP contribution is -2.22. The molecule has 1 atom stereocenters. The lowest BCUT2D eigenvalue weighted by Gasteiger charge is -2.18. The number of nitrogens with zero attached hydrogens (tertiary/aromatic N) is 3. The quantitative estimate of drug-likeness (QED) is 0.793. The summed E-state index contributed by atoms with van der Waals surface area (Å²) in [6.45, 7) is 1.76. The summed E-state index contributed by atoms with van der Waals surface area (Å²) in [5, 5.41) is 14.2. The fourth-order valence-corrected chi connectivity index (χ4v) is 2.74. The molecule has 0 aromatic carbocycles. The molecule has 112 valence electrons. The summed E-state index contributed by atoms with van der Waals surface area (Å²) in [5.74, 6) is 5.81. The average molecular weight is 296 g/mol. The van der Waals surface area contributed by atoms with E-state index in [9.17, 15) is 9.90 Å². The molecule has 0 radical (unpaired) electrons. The van der Waals surface area contributed by atoms with Gasteiger partial charge in [0, 0.05) is 23.7 Å². The molecule has 22 heavy (non-hydrogen) atoms. The van der Waals surface area contributed by atoms with Crippen molar-refractivity contribution in [3.05, 3.63) is 40.8 Å². The van der Waals surface area contributed by atoms with E-state index in [-0.39, 0.29) is 5.69 Å². The molecule has 2 heterocycles. The van der Waals surface area contributed by atoms with Gasteiger partial charge in [0.15, 0.2) is 11.5 Å². The first kappa shape index (κ1) is 14.3. The Labute approximate surface area is 128 Å². The second kappa shape index (κ2) is 5.62. The Kier molecular flexibility index (Phi) is 3.65. The predicted octanol–water partition coefficient (Wildman–Crippen LogP) is 0.587. The molecule has 0 saturated carbocycles. The van der Waals surface area contributed by atoms with Crippen LogP contribution in [-0.2, 0) is 12.8 Å². The number of hydrogen-bond acceptors (Lipinski definition) is 4. The summed E-state index contributed by atoms with van der Waals surface area (Å²) < 4.78 is 1.60. The minimum atomic E-state index is -0.559. The van der Waals surface area contributed by atoms with Crippen molar-refractivity contribution in [2.75, 3.05) is 0 Å². The van der Waals surface area contributed by atoms with Crippen molar-refractivity contribution in [2.45, 2.75) is 32.3 Å². The van der Waals surface area contributed by atoms with Gasteiger partial charge in [-0.15, -0.1) is 5.92 Å². The molecule has 0 spiro atoms. The number of aliphatic hydroxyl groups excluding tert-OH is 1. The molecule has 1 aliphatic rings. The number of aliphatic hydroxyl groups is 1. The van der Waals surface area contributed by atoms with Gasteiger partial charge in [-0.2, -0.15) is 5.10 Å². The number of carbonyl (C=O) groups excluding carboxylic acids is 1. The number of primary amides is 1. The molecule has 2 aromatic rings. The van der Waals surface area contributed by atoms with Crippen molar-refractivity contribution < 1.29 is 9.90 Å². The molecule has 6 heteroatoms. The van der Waals surface area contributed by atoms with E-state index in [2.05, 4.69) is 21.9 Å². The van der Waals surface area contributed by atoms with Crippen LogP contribution in [-0.4, -0.2) is 31.9 Å². The van der Waals surface area contributed by atoms with E-state index in [0.717, 1.165) is 16.8 Å². The molecule has 1 amide bonds. The lowest BCUT2D eigenvalue weighted by atomic mass is 9.93. The van der Waals surface area contributed by atoms with E-state index < -0.39 is 12.0 Å². The van der Waals surface area contributed by atoms with Crippen LogP contribution in [0.2, 0.25) is 0 Å². The Morgan fingerprint density at radius 2 is 2.36 bits per heavy atom. The maximum Gasteiger partial charge on any atom is 0.269 e. The van der Waals surface area contributed by atoms with Crippen LogP contribution in [0, 0.1) is 11.8 Å². The highest BCUT2D eigenvalue weighted by molar-refractivity contribution is 5.92. The van der Waals surface area contributed by atoms with Crippen LogP contribution in [0.3, 0.4) is 0 Å². The molecule has 0 fully saturated rings. The van der Waals surface area contributed by atoms with Gasteiger partial charge < -0.3 is 10.8 Å². The summed E-state index contributed by atoms with van der Waals surface area (Å²) in [5.41, 5.74) is 8.10. The van der Waals surface area contributed by atoms with Crippen LogP contribution in [0.5, 0.6) is 0 Å². The Morgan fingerprint density at radius 1 is 1.55 bits per heavy atom. The third-order valence-electron chi connectivity index (χ3n) is 3.71. The first-order chi connectivity index (χ1) is 10.6. The van der Waals surface area contributed by atoms with Crippen LogP contribution in [0.15, 0.2) is 18.3 Å². The van der Waals surface area contributed by atoms with Crippen LogP contribution in [0.25, 0.3) is 5.82 Å². The minimum Gasteiger partial charge on any atom is -0.393 e. The normalized spacial score (nSPS) is 16.5. The van der Waals surface area contributed by atoms with E-state index in [1.807, 2.05) is 0 Å². The number of pyridine rings is 1. The van der Waals surface area contributed by atoms with Gasteiger partial charge >= 0.3 is 0 Å². The number of nitrogens with two attached hydrogens (primary N) is 1. The molecule has 0 aliphatic heterocycles. The second-order valence-electron chi connectivity index (χ2n) is 5.22. The van der Waals surface area contributed by atoms with Gasteiger partial charge in [-0.25, -0.2) is 9.67 Å². The number of fused-ring (bicyclic) bond motifs is 1. The third kappa shape index (κ3) is 2.47. The van der Waals surface area contributed by atoms with Crippen molar-refractivity contribution >= 4 is 5.91 Å². The Balaban J connectivity index is 2.16. The summed E-state index contributed by atoms with van der Waals surface area (Å²) in [7, 11) is 0. The van der Waals surface area contributed by atoms with Crippen LogP contribution < -0.4 is 5.73 Å². The van der Waals surface area contributed by atoms with Crippen LogP contribution in [0.1, 0.15) is 40.7 Å². The SMILES string of the molecule is CC#Cc1ccnc(-n2nc(C(N)=O)c3c2C[C@H](O)CC3)c1. The Morgan fingerprint density at radius 3 is 3.09 bits per heavy atom. The van der Waals surface area contributed by atoms with Gasteiger partial charge in [0.1, 0.15) is 0 Å². The molecular formula is C16H16N4O2.